The maximum Gasteiger partial charge on any atom is 0.274 e. The van der Waals surface area contributed by atoms with Gasteiger partial charge in [-0.2, -0.15) is 0 Å². The molecule has 0 aliphatic heterocycles. The molecule has 1 amide bonds. The van der Waals surface area contributed by atoms with Crippen LogP contribution >= 0.6 is 23.2 Å². The van der Waals surface area contributed by atoms with Gasteiger partial charge in [0.25, 0.3) is 5.91 Å². The molecular weight excluding hydrogens is 309 g/mol. The number of anilines is 2. The maximum absolute atomic E-state index is 12.1. The van der Waals surface area contributed by atoms with Crippen molar-refractivity contribution in [2.45, 2.75) is 13.3 Å². The minimum absolute atomic E-state index is 0.299. The molecule has 1 aromatic carbocycles. The highest BCUT2D eigenvalue weighted by Gasteiger charge is 2.12. The number of amides is 1. The lowest BCUT2D eigenvalue weighted by molar-refractivity contribution is 0.102. The Balaban J connectivity index is 2.10. The van der Waals surface area contributed by atoms with Crippen LogP contribution in [-0.2, 0) is 0 Å². The molecule has 0 atom stereocenters. The number of halogens is 2. The Morgan fingerprint density at radius 1 is 1.19 bits per heavy atom. The molecule has 0 aliphatic carbocycles. The van der Waals surface area contributed by atoms with Gasteiger partial charge in [-0.05, 0) is 30.7 Å². The van der Waals surface area contributed by atoms with E-state index in [9.17, 15) is 4.79 Å². The van der Waals surface area contributed by atoms with Gasteiger partial charge >= 0.3 is 0 Å². The van der Waals surface area contributed by atoms with E-state index in [0.717, 1.165) is 18.7 Å². The van der Waals surface area contributed by atoms with Crippen molar-refractivity contribution in [3.05, 3.63) is 52.3 Å². The first-order valence-corrected chi connectivity index (χ1v) is 7.32. The molecule has 0 saturated carbocycles. The monoisotopic (exact) mass is 323 g/mol. The van der Waals surface area contributed by atoms with Gasteiger partial charge in [0.1, 0.15) is 5.69 Å². The third-order valence-corrected chi connectivity index (χ3v) is 3.41. The number of carbonyl (C=O) groups is 1. The molecule has 2 N–H and O–H groups in total. The van der Waals surface area contributed by atoms with Crippen molar-refractivity contribution in [2.24, 2.45) is 0 Å². The molecule has 6 heteroatoms. The molecule has 21 heavy (non-hydrogen) atoms. The first-order chi connectivity index (χ1) is 10.1. The van der Waals surface area contributed by atoms with Gasteiger partial charge in [0.05, 0.1) is 27.6 Å². The Morgan fingerprint density at radius 3 is 2.48 bits per heavy atom. The van der Waals surface area contributed by atoms with E-state index in [1.807, 2.05) is 6.07 Å². The van der Waals surface area contributed by atoms with E-state index >= 15 is 0 Å². The number of hydrogen-bond acceptors (Lipinski definition) is 3. The number of para-hydroxylation sites is 1. The molecule has 1 aromatic heterocycles. The summed E-state index contributed by atoms with van der Waals surface area (Å²) in [5.74, 6) is -0.355. The number of carbonyl (C=O) groups excluding carboxylic acids is 1. The number of aromatic nitrogens is 1. The fraction of sp³-hybridized carbons (Fsp3) is 0.200. The highest BCUT2D eigenvalue weighted by molar-refractivity contribution is 6.39. The Bertz CT molecular complexity index is 609. The standard InChI is InChI=1S/C15H15Cl2N3O/c1-2-8-18-10-6-7-13(19-9-10)15(21)20-14-11(16)4-3-5-12(14)17/h3-7,9,18H,2,8H2,1H3,(H,20,21). The summed E-state index contributed by atoms with van der Waals surface area (Å²) in [5.41, 5.74) is 1.57. The van der Waals surface area contributed by atoms with Crippen molar-refractivity contribution < 1.29 is 4.79 Å². The average Bonchev–Trinajstić information content (AvgIpc) is 2.49. The van der Waals surface area contributed by atoms with Crippen LogP contribution in [0.15, 0.2) is 36.5 Å². The predicted octanol–water partition coefficient (Wildman–Crippen LogP) is 4.46. The quantitative estimate of drug-likeness (QED) is 0.853. The summed E-state index contributed by atoms with van der Waals surface area (Å²) in [5, 5.41) is 6.64. The van der Waals surface area contributed by atoms with Gasteiger partial charge in [0, 0.05) is 6.54 Å². The molecule has 2 rings (SSSR count). The van der Waals surface area contributed by atoms with Crippen molar-refractivity contribution >= 4 is 40.5 Å². The second kappa shape index (κ2) is 7.29. The fourth-order valence-corrected chi connectivity index (χ4v) is 2.19. The van der Waals surface area contributed by atoms with Crippen LogP contribution in [0.1, 0.15) is 23.8 Å². The Kier molecular flexibility index (Phi) is 5.42. The zero-order valence-electron chi connectivity index (χ0n) is 11.5. The predicted molar refractivity (Wildman–Crippen MR) is 87.4 cm³/mol. The Morgan fingerprint density at radius 2 is 1.90 bits per heavy atom. The third-order valence-electron chi connectivity index (χ3n) is 2.78. The zero-order valence-corrected chi connectivity index (χ0v) is 13.0. The van der Waals surface area contributed by atoms with Crippen molar-refractivity contribution in [3.8, 4) is 0 Å². The first kappa shape index (κ1) is 15.6. The molecular formula is C15H15Cl2N3O. The van der Waals surface area contributed by atoms with Gasteiger partial charge in [-0.25, -0.2) is 4.98 Å². The Labute approximate surface area is 133 Å². The normalized spacial score (nSPS) is 10.2. The van der Waals surface area contributed by atoms with Crippen LogP contribution < -0.4 is 10.6 Å². The van der Waals surface area contributed by atoms with Gasteiger partial charge < -0.3 is 10.6 Å². The van der Waals surface area contributed by atoms with Gasteiger partial charge in [-0.3, -0.25) is 4.79 Å². The van der Waals surface area contributed by atoms with Crippen LogP contribution in [-0.4, -0.2) is 17.4 Å². The summed E-state index contributed by atoms with van der Waals surface area (Å²) in [4.78, 5) is 16.3. The minimum Gasteiger partial charge on any atom is -0.384 e. The summed E-state index contributed by atoms with van der Waals surface area (Å²) in [6, 6.07) is 8.50. The van der Waals surface area contributed by atoms with Crippen molar-refractivity contribution in [1.82, 2.24) is 4.98 Å². The highest BCUT2D eigenvalue weighted by Crippen LogP contribution is 2.30. The molecule has 0 spiro atoms. The first-order valence-electron chi connectivity index (χ1n) is 6.57. The number of rotatable bonds is 5. The van der Waals surface area contributed by atoms with Crippen LogP contribution in [0, 0.1) is 0 Å². The number of benzene rings is 1. The molecule has 1 heterocycles. The summed E-state index contributed by atoms with van der Waals surface area (Å²) in [7, 11) is 0. The van der Waals surface area contributed by atoms with Gasteiger partial charge in [0.15, 0.2) is 0 Å². The van der Waals surface area contributed by atoms with E-state index in [1.165, 1.54) is 0 Å². The van der Waals surface area contributed by atoms with E-state index in [0.29, 0.717) is 21.4 Å². The number of pyridine rings is 1. The lowest BCUT2D eigenvalue weighted by atomic mass is 10.2. The number of nitrogens with zero attached hydrogens (tertiary/aromatic N) is 1. The van der Waals surface area contributed by atoms with Crippen LogP contribution in [0.25, 0.3) is 0 Å². The summed E-state index contributed by atoms with van der Waals surface area (Å²) < 4.78 is 0. The Hall–Kier alpha value is -1.78. The van der Waals surface area contributed by atoms with Gasteiger partial charge in [-0.1, -0.05) is 36.2 Å². The van der Waals surface area contributed by atoms with Crippen LogP contribution in [0.3, 0.4) is 0 Å². The number of nitrogens with one attached hydrogen (secondary N) is 2. The van der Waals surface area contributed by atoms with E-state index < -0.39 is 0 Å². The van der Waals surface area contributed by atoms with E-state index in [-0.39, 0.29) is 5.91 Å². The fourth-order valence-electron chi connectivity index (χ4n) is 1.70. The van der Waals surface area contributed by atoms with E-state index in [1.54, 1.807) is 30.5 Å². The van der Waals surface area contributed by atoms with Crippen molar-refractivity contribution in [2.75, 3.05) is 17.2 Å². The van der Waals surface area contributed by atoms with Crippen molar-refractivity contribution in [3.63, 3.8) is 0 Å². The van der Waals surface area contributed by atoms with Crippen LogP contribution in [0.4, 0.5) is 11.4 Å². The van der Waals surface area contributed by atoms with Crippen molar-refractivity contribution in [1.29, 1.82) is 0 Å². The molecule has 0 radical (unpaired) electrons. The second-order valence-corrected chi connectivity index (χ2v) is 5.22. The molecule has 110 valence electrons. The summed E-state index contributed by atoms with van der Waals surface area (Å²) >= 11 is 12.0. The highest BCUT2D eigenvalue weighted by atomic mass is 35.5. The van der Waals surface area contributed by atoms with Crippen LogP contribution in [0.2, 0.25) is 10.0 Å². The lowest BCUT2D eigenvalue weighted by Gasteiger charge is -2.09. The molecule has 0 fully saturated rings. The minimum atomic E-state index is -0.355. The van der Waals surface area contributed by atoms with E-state index in [2.05, 4.69) is 22.5 Å². The van der Waals surface area contributed by atoms with Crippen LogP contribution in [0.5, 0.6) is 0 Å². The molecule has 0 unspecified atom stereocenters. The molecule has 2 aromatic rings. The summed E-state index contributed by atoms with van der Waals surface area (Å²) in [6.45, 7) is 2.94. The van der Waals surface area contributed by atoms with Gasteiger partial charge in [0.2, 0.25) is 0 Å². The summed E-state index contributed by atoms with van der Waals surface area (Å²) in [6.07, 6.45) is 2.64. The third kappa shape index (κ3) is 4.09. The van der Waals surface area contributed by atoms with Gasteiger partial charge in [-0.15, -0.1) is 0 Å². The molecule has 0 aliphatic rings. The molecule has 0 bridgehead atoms. The molecule has 0 saturated heterocycles. The smallest absolute Gasteiger partial charge is 0.274 e. The second-order valence-electron chi connectivity index (χ2n) is 4.41. The topological polar surface area (TPSA) is 54.0 Å². The lowest BCUT2D eigenvalue weighted by Crippen LogP contribution is -2.14. The zero-order chi connectivity index (χ0) is 15.2. The average molecular weight is 324 g/mol. The SMILES string of the molecule is CCCNc1ccc(C(=O)Nc2c(Cl)cccc2Cl)nc1. The largest absolute Gasteiger partial charge is 0.384 e. The van der Waals surface area contributed by atoms with E-state index in [4.69, 9.17) is 23.2 Å². The number of hydrogen-bond donors (Lipinski definition) is 2. The molecule has 4 nitrogen and oxygen atoms in total. The maximum atomic E-state index is 12.1.